The minimum absolute atomic E-state index is 0.0398. The van der Waals surface area contributed by atoms with Gasteiger partial charge in [0.1, 0.15) is 11.6 Å². The molecule has 0 unspecified atom stereocenters. The van der Waals surface area contributed by atoms with E-state index >= 15 is 0 Å². The highest BCUT2D eigenvalue weighted by atomic mass is 32.2. The van der Waals surface area contributed by atoms with Gasteiger partial charge in [0.05, 0.1) is 5.56 Å². The van der Waals surface area contributed by atoms with E-state index in [1.54, 1.807) is 17.8 Å². The SMILES string of the molecule is CSc1ccc(/C=C/C(=O)c2cc(F)ccc2O)cc1. The summed E-state index contributed by atoms with van der Waals surface area (Å²) in [6, 6.07) is 11.0. The van der Waals surface area contributed by atoms with Crippen molar-refractivity contribution in [3.63, 3.8) is 0 Å². The van der Waals surface area contributed by atoms with E-state index in [0.717, 1.165) is 22.6 Å². The number of ketones is 1. The predicted molar refractivity (Wildman–Crippen MR) is 79.7 cm³/mol. The molecule has 1 N–H and O–H groups in total. The molecule has 0 saturated heterocycles. The zero-order valence-electron chi connectivity index (χ0n) is 10.8. The van der Waals surface area contributed by atoms with Gasteiger partial charge in [-0.3, -0.25) is 4.79 Å². The molecule has 2 nitrogen and oxygen atoms in total. The number of benzene rings is 2. The molecule has 0 aliphatic carbocycles. The van der Waals surface area contributed by atoms with Crippen LogP contribution < -0.4 is 0 Å². The van der Waals surface area contributed by atoms with Crippen molar-refractivity contribution in [2.75, 3.05) is 6.26 Å². The molecule has 0 bridgehead atoms. The highest BCUT2D eigenvalue weighted by Crippen LogP contribution is 2.20. The fourth-order valence-corrected chi connectivity index (χ4v) is 2.09. The number of halogens is 1. The van der Waals surface area contributed by atoms with Gasteiger partial charge in [0.2, 0.25) is 0 Å². The fourth-order valence-electron chi connectivity index (χ4n) is 1.68. The van der Waals surface area contributed by atoms with Crippen LogP contribution in [0.5, 0.6) is 5.75 Å². The van der Waals surface area contributed by atoms with Crippen molar-refractivity contribution in [3.05, 3.63) is 65.5 Å². The molecule has 0 radical (unpaired) electrons. The lowest BCUT2D eigenvalue weighted by Gasteiger charge is -2.00. The number of carbonyl (C=O) groups excluding carboxylic acids is 1. The van der Waals surface area contributed by atoms with E-state index in [9.17, 15) is 14.3 Å². The minimum Gasteiger partial charge on any atom is -0.507 e. The molecule has 2 aromatic rings. The van der Waals surface area contributed by atoms with Gasteiger partial charge in [-0.1, -0.05) is 18.2 Å². The van der Waals surface area contributed by atoms with Crippen LogP contribution in [0.15, 0.2) is 53.4 Å². The molecule has 0 aromatic heterocycles. The number of aromatic hydroxyl groups is 1. The van der Waals surface area contributed by atoms with Crippen LogP contribution in [0, 0.1) is 5.82 Å². The standard InChI is InChI=1S/C16H13FO2S/c1-20-13-6-2-11(3-7-13)4-8-15(18)14-10-12(17)5-9-16(14)19/h2-10,19H,1H3/b8-4+. The Hall–Kier alpha value is -2.07. The Labute approximate surface area is 121 Å². The quantitative estimate of drug-likeness (QED) is 0.521. The molecule has 20 heavy (non-hydrogen) atoms. The first-order valence-corrected chi connectivity index (χ1v) is 7.17. The molecule has 4 heteroatoms. The molecule has 102 valence electrons. The van der Waals surface area contributed by atoms with E-state index in [0.29, 0.717) is 0 Å². The first kappa shape index (κ1) is 14.3. The van der Waals surface area contributed by atoms with E-state index in [-0.39, 0.29) is 11.3 Å². The van der Waals surface area contributed by atoms with Gasteiger partial charge in [0, 0.05) is 4.90 Å². The lowest BCUT2D eigenvalue weighted by molar-refractivity contribution is 0.104. The summed E-state index contributed by atoms with van der Waals surface area (Å²) in [6.45, 7) is 0. The number of hydrogen-bond acceptors (Lipinski definition) is 3. The molecule has 0 heterocycles. The minimum atomic E-state index is -0.552. The van der Waals surface area contributed by atoms with Gasteiger partial charge >= 0.3 is 0 Å². The maximum Gasteiger partial charge on any atom is 0.189 e. The van der Waals surface area contributed by atoms with E-state index in [4.69, 9.17) is 0 Å². The second-order valence-electron chi connectivity index (χ2n) is 4.13. The summed E-state index contributed by atoms with van der Waals surface area (Å²) in [5, 5.41) is 9.55. The van der Waals surface area contributed by atoms with Crippen molar-refractivity contribution < 1.29 is 14.3 Å². The lowest BCUT2D eigenvalue weighted by atomic mass is 10.1. The largest absolute Gasteiger partial charge is 0.507 e. The molecule has 0 spiro atoms. The summed E-state index contributed by atoms with van der Waals surface area (Å²) in [7, 11) is 0. The molecule has 0 aliphatic heterocycles. The third-order valence-corrected chi connectivity index (χ3v) is 3.51. The number of carbonyl (C=O) groups is 1. The van der Waals surface area contributed by atoms with Crippen LogP contribution in [0.3, 0.4) is 0 Å². The van der Waals surface area contributed by atoms with Gasteiger partial charge in [0.25, 0.3) is 0 Å². The number of phenols is 1. The van der Waals surface area contributed by atoms with Crippen LogP contribution in [0.4, 0.5) is 4.39 Å². The molecule has 0 fully saturated rings. The highest BCUT2D eigenvalue weighted by Gasteiger charge is 2.09. The van der Waals surface area contributed by atoms with Gasteiger partial charge in [0.15, 0.2) is 5.78 Å². The normalized spacial score (nSPS) is 10.9. The summed E-state index contributed by atoms with van der Waals surface area (Å²) >= 11 is 1.64. The third kappa shape index (κ3) is 3.48. The lowest BCUT2D eigenvalue weighted by Crippen LogP contribution is -1.95. The number of thioether (sulfide) groups is 1. The third-order valence-electron chi connectivity index (χ3n) is 2.77. The monoisotopic (exact) mass is 288 g/mol. The van der Waals surface area contributed by atoms with Crippen molar-refractivity contribution in [2.24, 2.45) is 0 Å². The topological polar surface area (TPSA) is 37.3 Å². The van der Waals surface area contributed by atoms with E-state index in [1.807, 2.05) is 30.5 Å². The van der Waals surface area contributed by atoms with Crippen LogP contribution >= 0.6 is 11.8 Å². The van der Waals surface area contributed by atoms with Crippen molar-refractivity contribution in [2.45, 2.75) is 4.90 Å². The van der Waals surface area contributed by atoms with Crippen molar-refractivity contribution in [1.29, 1.82) is 0 Å². The van der Waals surface area contributed by atoms with Crippen molar-refractivity contribution >= 4 is 23.6 Å². The van der Waals surface area contributed by atoms with Gasteiger partial charge in [-0.05, 0) is 48.2 Å². The summed E-state index contributed by atoms with van der Waals surface area (Å²) in [5.74, 6) is -1.21. The summed E-state index contributed by atoms with van der Waals surface area (Å²) in [5.41, 5.74) is 0.828. The second kappa shape index (κ2) is 6.39. The molecule has 2 aromatic carbocycles. The Morgan fingerprint density at radius 3 is 2.55 bits per heavy atom. The molecule has 0 amide bonds. The number of allylic oxidation sites excluding steroid dienone is 1. The molecule has 0 saturated carbocycles. The molecule has 2 rings (SSSR count). The summed E-state index contributed by atoms with van der Waals surface area (Å²) in [4.78, 5) is 13.0. The second-order valence-corrected chi connectivity index (χ2v) is 5.01. The van der Waals surface area contributed by atoms with Crippen LogP contribution in [-0.2, 0) is 0 Å². The number of rotatable bonds is 4. The van der Waals surface area contributed by atoms with E-state index < -0.39 is 11.6 Å². The smallest absolute Gasteiger partial charge is 0.189 e. The van der Waals surface area contributed by atoms with Crippen LogP contribution in [-0.4, -0.2) is 17.1 Å². The van der Waals surface area contributed by atoms with E-state index in [1.165, 1.54) is 12.1 Å². The first-order chi connectivity index (χ1) is 9.60. The molecule has 0 aliphatic rings. The average molecular weight is 288 g/mol. The first-order valence-electron chi connectivity index (χ1n) is 5.95. The summed E-state index contributed by atoms with van der Waals surface area (Å²) in [6.07, 6.45) is 4.94. The maximum absolute atomic E-state index is 13.1. The van der Waals surface area contributed by atoms with Gasteiger partial charge in [-0.15, -0.1) is 11.8 Å². The molecule has 0 atom stereocenters. The Kier molecular flexibility index (Phi) is 4.58. The van der Waals surface area contributed by atoms with Gasteiger partial charge in [-0.2, -0.15) is 0 Å². The van der Waals surface area contributed by atoms with Gasteiger partial charge in [-0.25, -0.2) is 4.39 Å². The van der Waals surface area contributed by atoms with E-state index in [2.05, 4.69) is 0 Å². The zero-order valence-corrected chi connectivity index (χ0v) is 11.7. The summed E-state index contributed by atoms with van der Waals surface area (Å²) < 4.78 is 13.1. The highest BCUT2D eigenvalue weighted by molar-refractivity contribution is 7.98. The fraction of sp³-hybridized carbons (Fsp3) is 0.0625. The Morgan fingerprint density at radius 1 is 1.20 bits per heavy atom. The molecular formula is C16H13FO2S. The van der Waals surface area contributed by atoms with Crippen LogP contribution in [0.2, 0.25) is 0 Å². The van der Waals surface area contributed by atoms with Crippen LogP contribution in [0.1, 0.15) is 15.9 Å². The Balaban J connectivity index is 2.17. The molecular weight excluding hydrogens is 275 g/mol. The number of phenolic OH excluding ortho intramolecular Hbond substituents is 1. The number of hydrogen-bond donors (Lipinski definition) is 1. The zero-order chi connectivity index (χ0) is 14.5. The van der Waals surface area contributed by atoms with Crippen LogP contribution in [0.25, 0.3) is 6.08 Å². The van der Waals surface area contributed by atoms with Crippen molar-refractivity contribution in [3.8, 4) is 5.75 Å². The Morgan fingerprint density at radius 2 is 1.90 bits per heavy atom. The average Bonchev–Trinajstić information content (AvgIpc) is 2.47. The maximum atomic E-state index is 13.1. The van der Waals surface area contributed by atoms with Crippen molar-refractivity contribution in [1.82, 2.24) is 0 Å². The Bertz CT molecular complexity index is 648. The predicted octanol–water partition coefficient (Wildman–Crippen LogP) is 4.15. The van der Waals surface area contributed by atoms with Gasteiger partial charge < -0.3 is 5.11 Å².